The molecule has 4 nitrogen and oxygen atoms in total. The Morgan fingerprint density at radius 3 is 2.89 bits per heavy atom. The van der Waals surface area contributed by atoms with Crippen molar-refractivity contribution in [1.82, 2.24) is 9.88 Å². The average molecular weight is 264 g/mol. The molecule has 0 aliphatic rings. The van der Waals surface area contributed by atoms with Crippen molar-refractivity contribution in [2.75, 3.05) is 13.6 Å². The number of nitrogens with two attached hydrogens (primary N) is 1. The van der Waals surface area contributed by atoms with E-state index in [-0.39, 0.29) is 12.5 Å². The van der Waals surface area contributed by atoms with E-state index in [0.717, 1.165) is 16.5 Å². The summed E-state index contributed by atoms with van der Waals surface area (Å²) < 4.78 is 0. The number of likely N-dealkylation sites (N-methyl/N-ethyl adjacent to an activating group) is 1. The van der Waals surface area contributed by atoms with Gasteiger partial charge in [-0.1, -0.05) is 29.8 Å². The monoisotopic (exact) mass is 263 g/mol. The molecule has 5 heteroatoms. The number of hydrogen-bond acceptors (Lipinski definition) is 3. The number of nitrogens with zero attached hydrogens (tertiary/aromatic N) is 2. The number of halogens is 1. The Kier molecular flexibility index (Phi) is 3.79. The summed E-state index contributed by atoms with van der Waals surface area (Å²) >= 11 is 6.13. The predicted octanol–water partition coefficient (Wildman–Crippen LogP) is 1.81. The molecule has 2 N–H and O–H groups in total. The van der Waals surface area contributed by atoms with Crippen LogP contribution in [0.4, 0.5) is 0 Å². The number of rotatable bonds is 4. The summed E-state index contributed by atoms with van der Waals surface area (Å²) in [5.74, 6) is -0.359. The predicted molar refractivity (Wildman–Crippen MR) is 72.3 cm³/mol. The molecule has 0 saturated heterocycles. The van der Waals surface area contributed by atoms with Gasteiger partial charge in [0.15, 0.2) is 0 Å². The molecule has 2 aromatic rings. The summed E-state index contributed by atoms with van der Waals surface area (Å²) in [6.07, 6.45) is 0. The van der Waals surface area contributed by atoms with Gasteiger partial charge >= 0.3 is 0 Å². The van der Waals surface area contributed by atoms with Crippen LogP contribution in [0.1, 0.15) is 5.56 Å². The third-order valence-electron chi connectivity index (χ3n) is 2.62. The molecule has 0 radical (unpaired) electrons. The van der Waals surface area contributed by atoms with Crippen LogP contribution < -0.4 is 5.73 Å². The van der Waals surface area contributed by atoms with Gasteiger partial charge < -0.3 is 5.73 Å². The summed E-state index contributed by atoms with van der Waals surface area (Å²) in [7, 11) is 1.82. The zero-order chi connectivity index (χ0) is 13.1. The van der Waals surface area contributed by atoms with Gasteiger partial charge in [-0.3, -0.25) is 9.69 Å². The lowest BCUT2D eigenvalue weighted by Gasteiger charge is -2.15. The van der Waals surface area contributed by atoms with Crippen LogP contribution in [0.2, 0.25) is 5.15 Å². The third-order valence-corrected chi connectivity index (χ3v) is 2.94. The van der Waals surface area contributed by atoms with Gasteiger partial charge in [0.1, 0.15) is 5.15 Å². The summed E-state index contributed by atoms with van der Waals surface area (Å²) in [6.45, 7) is 0.739. The molecule has 1 aromatic heterocycles. The van der Waals surface area contributed by atoms with E-state index in [2.05, 4.69) is 4.98 Å². The molecule has 1 heterocycles. The van der Waals surface area contributed by atoms with Crippen LogP contribution in [0.5, 0.6) is 0 Å². The van der Waals surface area contributed by atoms with Crippen molar-refractivity contribution in [3.05, 3.63) is 41.0 Å². The van der Waals surface area contributed by atoms with Crippen molar-refractivity contribution < 1.29 is 4.79 Å². The van der Waals surface area contributed by atoms with Crippen molar-refractivity contribution in [2.45, 2.75) is 6.54 Å². The Hall–Kier alpha value is -1.65. The number of hydrogen-bond donors (Lipinski definition) is 1. The Balaban J connectivity index is 2.27. The molecule has 0 spiro atoms. The minimum atomic E-state index is -0.359. The van der Waals surface area contributed by atoms with E-state index < -0.39 is 0 Å². The normalized spacial score (nSPS) is 11.1. The molecule has 0 saturated carbocycles. The molecule has 94 valence electrons. The van der Waals surface area contributed by atoms with E-state index in [4.69, 9.17) is 17.3 Å². The second-order valence-corrected chi connectivity index (χ2v) is 4.63. The molecular formula is C13H14ClN3O. The Morgan fingerprint density at radius 1 is 1.44 bits per heavy atom. The number of carbonyl (C=O) groups excluding carboxylic acids is 1. The highest BCUT2D eigenvalue weighted by molar-refractivity contribution is 6.30. The van der Waals surface area contributed by atoms with Gasteiger partial charge in [0.25, 0.3) is 0 Å². The third kappa shape index (κ3) is 2.97. The standard InChI is InChI=1S/C13H14ClN3O/c1-17(8-12(15)18)7-10-6-9-4-2-3-5-11(9)16-13(10)14/h2-6H,7-8H2,1H3,(H2,15,18). The van der Waals surface area contributed by atoms with Gasteiger partial charge in [-0.2, -0.15) is 0 Å². The fourth-order valence-electron chi connectivity index (χ4n) is 1.86. The van der Waals surface area contributed by atoms with Gasteiger partial charge in [0.2, 0.25) is 5.91 Å². The molecule has 18 heavy (non-hydrogen) atoms. The summed E-state index contributed by atoms with van der Waals surface area (Å²) in [6, 6.07) is 9.76. The first-order chi connectivity index (χ1) is 8.56. The van der Waals surface area contributed by atoms with E-state index >= 15 is 0 Å². The van der Waals surface area contributed by atoms with Crippen molar-refractivity contribution in [3.8, 4) is 0 Å². The molecule has 1 amide bonds. The molecule has 2 rings (SSSR count). The Labute approximate surface area is 110 Å². The zero-order valence-electron chi connectivity index (χ0n) is 10.1. The maximum atomic E-state index is 10.8. The molecule has 1 aromatic carbocycles. The van der Waals surface area contributed by atoms with Crippen molar-refractivity contribution >= 4 is 28.4 Å². The quantitative estimate of drug-likeness (QED) is 0.856. The minimum Gasteiger partial charge on any atom is -0.369 e. The number of amides is 1. The van der Waals surface area contributed by atoms with Gasteiger partial charge in [-0.25, -0.2) is 4.98 Å². The SMILES string of the molecule is CN(CC(N)=O)Cc1cc2ccccc2nc1Cl. The number of benzene rings is 1. The maximum Gasteiger partial charge on any atom is 0.231 e. The first-order valence-corrected chi connectivity index (χ1v) is 5.95. The summed E-state index contributed by atoms with van der Waals surface area (Å²) in [5, 5.41) is 1.49. The van der Waals surface area contributed by atoms with E-state index in [0.29, 0.717) is 11.7 Å². The lowest BCUT2D eigenvalue weighted by Crippen LogP contribution is -2.30. The number of primary amides is 1. The van der Waals surface area contributed by atoms with Crippen molar-refractivity contribution in [3.63, 3.8) is 0 Å². The van der Waals surface area contributed by atoms with Gasteiger partial charge in [0.05, 0.1) is 12.1 Å². The number of carbonyl (C=O) groups is 1. The number of aromatic nitrogens is 1. The van der Waals surface area contributed by atoms with Crippen molar-refractivity contribution in [2.24, 2.45) is 5.73 Å². The van der Waals surface area contributed by atoms with Gasteiger partial charge in [-0.15, -0.1) is 0 Å². The molecule has 0 fully saturated rings. The van der Waals surface area contributed by atoms with Crippen LogP contribution in [-0.4, -0.2) is 29.4 Å². The van der Waals surface area contributed by atoms with Crippen LogP contribution in [0.15, 0.2) is 30.3 Å². The zero-order valence-corrected chi connectivity index (χ0v) is 10.8. The maximum absolute atomic E-state index is 10.8. The number of pyridine rings is 1. The summed E-state index contributed by atoms with van der Waals surface area (Å²) in [5.41, 5.74) is 6.90. The van der Waals surface area contributed by atoms with Gasteiger partial charge in [0, 0.05) is 17.5 Å². The Bertz CT molecular complexity index is 585. The minimum absolute atomic E-state index is 0.198. The second-order valence-electron chi connectivity index (χ2n) is 4.27. The van der Waals surface area contributed by atoms with Crippen LogP contribution >= 0.6 is 11.6 Å². The highest BCUT2D eigenvalue weighted by Gasteiger charge is 2.09. The molecule has 0 atom stereocenters. The molecule has 0 bridgehead atoms. The van der Waals surface area contributed by atoms with Crippen LogP contribution in [-0.2, 0) is 11.3 Å². The van der Waals surface area contributed by atoms with E-state index in [1.165, 1.54) is 0 Å². The molecule has 0 aliphatic carbocycles. The first-order valence-electron chi connectivity index (χ1n) is 5.57. The van der Waals surface area contributed by atoms with Crippen LogP contribution in [0.25, 0.3) is 10.9 Å². The number of para-hydroxylation sites is 1. The molecule has 0 aliphatic heterocycles. The topological polar surface area (TPSA) is 59.2 Å². The van der Waals surface area contributed by atoms with Gasteiger partial charge in [-0.05, 0) is 19.2 Å². The molecule has 0 unspecified atom stereocenters. The van der Waals surface area contributed by atoms with Crippen LogP contribution in [0.3, 0.4) is 0 Å². The largest absolute Gasteiger partial charge is 0.369 e. The van der Waals surface area contributed by atoms with Crippen LogP contribution in [0, 0.1) is 0 Å². The lowest BCUT2D eigenvalue weighted by molar-refractivity contribution is -0.118. The van der Waals surface area contributed by atoms with E-state index in [1.807, 2.05) is 37.4 Å². The van der Waals surface area contributed by atoms with E-state index in [9.17, 15) is 4.79 Å². The van der Waals surface area contributed by atoms with Crippen molar-refractivity contribution in [1.29, 1.82) is 0 Å². The fraction of sp³-hybridized carbons (Fsp3) is 0.231. The average Bonchev–Trinajstić information content (AvgIpc) is 2.29. The Morgan fingerprint density at radius 2 is 2.17 bits per heavy atom. The highest BCUT2D eigenvalue weighted by atomic mass is 35.5. The summed E-state index contributed by atoms with van der Waals surface area (Å²) in [4.78, 5) is 17.0. The second kappa shape index (κ2) is 5.33. The lowest BCUT2D eigenvalue weighted by atomic mass is 10.1. The highest BCUT2D eigenvalue weighted by Crippen LogP contribution is 2.21. The van der Waals surface area contributed by atoms with E-state index in [1.54, 1.807) is 4.90 Å². The fourth-order valence-corrected chi connectivity index (χ4v) is 2.07. The molecular weight excluding hydrogens is 250 g/mol. The smallest absolute Gasteiger partial charge is 0.231 e. The first kappa shape index (κ1) is 12.8. The number of fused-ring (bicyclic) bond motifs is 1.